The molecule has 1 heterocycles. The molecule has 1 amide bonds. The third kappa shape index (κ3) is 3.03. The van der Waals surface area contributed by atoms with Gasteiger partial charge in [-0.1, -0.05) is 12.1 Å². The van der Waals surface area contributed by atoms with Crippen molar-refractivity contribution in [3.05, 3.63) is 48.0 Å². The predicted octanol–water partition coefficient (Wildman–Crippen LogP) is 2.80. The molecule has 2 aliphatic rings. The number of anilines is 2. The van der Waals surface area contributed by atoms with Crippen LogP contribution < -0.4 is 14.4 Å². The van der Waals surface area contributed by atoms with Gasteiger partial charge in [-0.15, -0.1) is 0 Å². The van der Waals surface area contributed by atoms with Crippen LogP contribution in [0, 0.1) is 5.92 Å². The highest BCUT2D eigenvalue weighted by atomic mass is 32.2. The largest absolute Gasteiger partial charge is 0.495 e. The van der Waals surface area contributed by atoms with Gasteiger partial charge in [-0.25, -0.2) is 8.42 Å². The maximum Gasteiger partial charge on any atom is 0.262 e. The Labute approximate surface area is 152 Å². The van der Waals surface area contributed by atoms with Crippen LogP contribution in [-0.2, 0) is 21.2 Å². The number of carbonyl (C=O) groups is 1. The van der Waals surface area contributed by atoms with Crippen molar-refractivity contribution in [3.8, 4) is 5.75 Å². The molecule has 0 atom stereocenters. The molecule has 1 N–H and O–H groups in total. The van der Waals surface area contributed by atoms with Crippen LogP contribution >= 0.6 is 0 Å². The maximum atomic E-state index is 12.8. The lowest BCUT2D eigenvalue weighted by Gasteiger charge is -2.17. The number of para-hydroxylation sites is 2. The van der Waals surface area contributed by atoms with Gasteiger partial charge in [0.1, 0.15) is 5.75 Å². The van der Waals surface area contributed by atoms with Gasteiger partial charge in [-0.2, -0.15) is 0 Å². The quantitative estimate of drug-likeness (QED) is 0.876. The number of benzene rings is 2. The van der Waals surface area contributed by atoms with Crippen molar-refractivity contribution in [3.63, 3.8) is 0 Å². The minimum Gasteiger partial charge on any atom is -0.495 e. The molecule has 2 aromatic rings. The lowest BCUT2D eigenvalue weighted by atomic mass is 10.2. The normalized spacial score (nSPS) is 16.3. The van der Waals surface area contributed by atoms with Crippen LogP contribution in [0.5, 0.6) is 5.75 Å². The van der Waals surface area contributed by atoms with Gasteiger partial charge in [0.15, 0.2) is 0 Å². The summed E-state index contributed by atoms with van der Waals surface area (Å²) in [5.74, 6) is 0.765. The molecule has 1 fully saturated rings. The zero-order chi connectivity index (χ0) is 18.3. The SMILES string of the molecule is COc1ccccc1NS(=O)(=O)c1ccc2c(c1)CCN2C(=O)C1CC1. The second-order valence-electron chi connectivity index (χ2n) is 6.61. The molecule has 0 spiro atoms. The van der Waals surface area contributed by atoms with Crippen molar-refractivity contribution < 1.29 is 17.9 Å². The highest BCUT2D eigenvalue weighted by Crippen LogP contribution is 2.37. The van der Waals surface area contributed by atoms with Crippen molar-refractivity contribution in [2.45, 2.75) is 24.2 Å². The van der Waals surface area contributed by atoms with Crippen LogP contribution in [0.1, 0.15) is 18.4 Å². The molecule has 0 radical (unpaired) electrons. The number of methoxy groups -OCH3 is 1. The Kier molecular flexibility index (Phi) is 4.11. The van der Waals surface area contributed by atoms with Gasteiger partial charge in [0.25, 0.3) is 10.0 Å². The summed E-state index contributed by atoms with van der Waals surface area (Å²) in [6.45, 7) is 0.619. The molecule has 2 aromatic carbocycles. The van der Waals surface area contributed by atoms with E-state index < -0.39 is 10.0 Å². The Morgan fingerprint density at radius 2 is 1.96 bits per heavy atom. The Bertz CT molecular complexity index is 967. The summed E-state index contributed by atoms with van der Waals surface area (Å²) in [5, 5.41) is 0. The molecule has 4 rings (SSSR count). The molecule has 1 aliphatic carbocycles. The van der Waals surface area contributed by atoms with Gasteiger partial charge in [-0.3, -0.25) is 9.52 Å². The Morgan fingerprint density at radius 1 is 1.19 bits per heavy atom. The van der Waals surface area contributed by atoms with E-state index >= 15 is 0 Å². The number of nitrogens with one attached hydrogen (secondary N) is 1. The van der Waals surface area contributed by atoms with Crippen molar-refractivity contribution in [2.24, 2.45) is 5.92 Å². The van der Waals surface area contributed by atoms with Crippen molar-refractivity contribution in [1.82, 2.24) is 0 Å². The zero-order valence-electron chi connectivity index (χ0n) is 14.4. The van der Waals surface area contributed by atoms with Gasteiger partial charge < -0.3 is 9.64 Å². The highest BCUT2D eigenvalue weighted by Gasteiger charge is 2.36. The van der Waals surface area contributed by atoms with E-state index in [1.54, 1.807) is 47.4 Å². The van der Waals surface area contributed by atoms with Gasteiger partial charge in [-0.05, 0) is 55.2 Å². The molecule has 136 valence electrons. The molecule has 1 saturated carbocycles. The number of rotatable bonds is 5. The number of sulfonamides is 1. The first-order chi connectivity index (χ1) is 12.5. The Balaban J connectivity index is 1.61. The van der Waals surface area contributed by atoms with Crippen LogP contribution in [-0.4, -0.2) is 28.0 Å². The second kappa shape index (κ2) is 6.32. The molecule has 26 heavy (non-hydrogen) atoms. The van der Waals surface area contributed by atoms with Crippen LogP contribution in [0.3, 0.4) is 0 Å². The molecule has 0 bridgehead atoms. The Morgan fingerprint density at radius 3 is 2.69 bits per heavy atom. The van der Waals surface area contributed by atoms with Crippen LogP contribution in [0.25, 0.3) is 0 Å². The fourth-order valence-corrected chi connectivity index (χ4v) is 4.38. The zero-order valence-corrected chi connectivity index (χ0v) is 15.3. The summed E-state index contributed by atoms with van der Waals surface area (Å²) in [6, 6.07) is 11.8. The van der Waals surface area contributed by atoms with E-state index in [0.717, 1.165) is 24.1 Å². The molecular weight excluding hydrogens is 352 g/mol. The topological polar surface area (TPSA) is 75.7 Å². The van der Waals surface area contributed by atoms with Crippen molar-refractivity contribution in [1.29, 1.82) is 0 Å². The summed E-state index contributed by atoms with van der Waals surface area (Å²) in [7, 11) is -2.25. The minimum atomic E-state index is -3.74. The highest BCUT2D eigenvalue weighted by molar-refractivity contribution is 7.92. The van der Waals surface area contributed by atoms with Gasteiger partial charge in [0.05, 0.1) is 17.7 Å². The predicted molar refractivity (Wildman–Crippen MR) is 99.0 cm³/mol. The third-order valence-electron chi connectivity index (χ3n) is 4.80. The molecule has 0 saturated heterocycles. The first kappa shape index (κ1) is 16.9. The smallest absolute Gasteiger partial charge is 0.262 e. The number of hydrogen-bond acceptors (Lipinski definition) is 4. The minimum absolute atomic E-state index is 0.150. The average Bonchev–Trinajstić information content (AvgIpc) is 3.40. The van der Waals surface area contributed by atoms with Gasteiger partial charge in [0, 0.05) is 18.2 Å². The number of fused-ring (bicyclic) bond motifs is 1. The number of amides is 1. The summed E-state index contributed by atoms with van der Waals surface area (Å²) in [4.78, 5) is 14.3. The van der Waals surface area contributed by atoms with E-state index in [2.05, 4.69) is 4.72 Å². The molecular formula is C19H20N2O4S. The van der Waals surface area contributed by atoms with E-state index in [1.807, 2.05) is 0 Å². The van der Waals surface area contributed by atoms with Crippen LogP contribution in [0.2, 0.25) is 0 Å². The molecule has 6 nitrogen and oxygen atoms in total. The summed E-state index contributed by atoms with van der Waals surface area (Å²) < 4.78 is 33.3. The number of nitrogens with zero attached hydrogens (tertiary/aromatic N) is 1. The van der Waals surface area contributed by atoms with E-state index in [-0.39, 0.29) is 16.7 Å². The summed E-state index contributed by atoms with van der Waals surface area (Å²) >= 11 is 0. The van der Waals surface area contributed by atoms with E-state index in [9.17, 15) is 13.2 Å². The van der Waals surface area contributed by atoms with Crippen LogP contribution in [0.15, 0.2) is 47.4 Å². The fourth-order valence-electron chi connectivity index (χ4n) is 3.26. The van der Waals surface area contributed by atoms with Gasteiger partial charge in [0.2, 0.25) is 5.91 Å². The van der Waals surface area contributed by atoms with Crippen molar-refractivity contribution >= 4 is 27.3 Å². The third-order valence-corrected chi connectivity index (χ3v) is 6.16. The number of hydrogen-bond donors (Lipinski definition) is 1. The maximum absolute atomic E-state index is 12.8. The summed E-state index contributed by atoms with van der Waals surface area (Å²) in [5.41, 5.74) is 2.11. The Hall–Kier alpha value is -2.54. The standard InChI is InChI=1S/C19H20N2O4S/c1-25-18-5-3-2-4-16(18)20-26(23,24)15-8-9-17-14(12-15)10-11-21(17)19(22)13-6-7-13/h2-5,8-9,12-13,20H,6-7,10-11H2,1H3. The molecule has 7 heteroatoms. The van der Waals surface area contributed by atoms with Crippen molar-refractivity contribution in [2.75, 3.05) is 23.3 Å². The molecule has 0 unspecified atom stereocenters. The average molecular weight is 372 g/mol. The van der Waals surface area contributed by atoms with Crippen LogP contribution in [0.4, 0.5) is 11.4 Å². The fraction of sp³-hybridized carbons (Fsp3) is 0.316. The lowest BCUT2D eigenvalue weighted by molar-refractivity contribution is -0.119. The lowest BCUT2D eigenvalue weighted by Crippen LogP contribution is -2.30. The monoisotopic (exact) mass is 372 g/mol. The van der Waals surface area contributed by atoms with E-state index in [4.69, 9.17) is 4.74 Å². The number of carbonyl (C=O) groups excluding carboxylic acids is 1. The molecule has 0 aromatic heterocycles. The first-order valence-electron chi connectivity index (χ1n) is 8.60. The van der Waals surface area contributed by atoms with Gasteiger partial charge >= 0.3 is 0 Å². The first-order valence-corrected chi connectivity index (χ1v) is 10.1. The summed E-state index contributed by atoms with van der Waals surface area (Å²) in [6.07, 6.45) is 2.59. The van der Waals surface area contributed by atoms with E-state index in [1.165, 1.54) is 7.11 Å². The number of ether oxygens (including phenoxy) is 1. The van der Waals surface area contributed by atoms with E-state index in [0.29, 0.717) is 24.4 Å². The second-order valence-corrected chi connectivity index (χ2v) is 8.29. The molecule has 1 aliphatic heterocycles.